The highest BCUT2D eigenvalue weighted by Gasteiger charge is 2.28. The van der Waals surface area contributed by atoms with Crippen LogP contribution in [0.1, 0.15) is 40.2 Å². The van der Waals surface area contributed by atoms with Gasteiger partial charge in [0.1, 0.15) is 5.00 Å². The molecule has 1 amide bonds. The van der Waals surface area contributed by atoms with Crippen molar-refractivity contribution < 1.29 is 23.8 Å². The highest BCUT2D eigenvalue weighted by Crippen LogP contribution is 2.37. The first kappa shape index (κ1) is 22.8. The van der Waals surface area contributed by atoms with Crippen LogP contribution in [0.15, 0.2) is 24.3 Å². The van der Waals surface area contributed by atoms with Gasteiger partial charge in [0.15, 0.2) is 11.5 Å². The Morgan fingerprint density at radius 1 is 1.23 bits per heavy atom. The van der Waals surface area contributed by atoms with Crippen molar-refractivity contribution in [3.63, 3.8) is 0 Å². The van der Waals surface area contributed by atoms with E-state index in [1.54, 1.807) is 26.2 Å². The van der Waals surface area contributed by atoms with E-state index in [0.717, 1.165) is 35.5 Å². The number of carbonyl (C=O) groups excluding carboxylic acids is 2. The number of benzene rings is 1. The van der Waals surface area contributed by atoms with E-state index in [9.17, 15) is 9.59 Å². The van der Waals surface area contributed by atoms with Crippen LogP contribution < -0.4 is 14.8 Å². The minimum absolute atomic E-state index is 0.288. The fraction of sp³-hybridized carbons (Fsp3) is 0.391. The molecule has 1 aromatic carbocycles. The zero-order valence-corrected chi connectivity index (χ0v) is 19.1. The van der Waals surface area contributed by atoms with Gasteiger partial charge in [-0.2, -0.15) is 0 Å². The molecule has 0 unspecified atom stereocenters. The van der Waals surface area contributed by atoms with Crippen LogP contribution in [0.2, 0.25) is 0 Å². The summed E-state index contributed by atoms with van der Waals surface area (Å²) in [5.41, 5.74) is 2.27. The molecule has 0 spiro atoms. The average Bonchev–Trinajstić information content (AvgIpc) is 3.10. The van der Waals surface area contributed by atoms with E-state index in [-0.39, 0.29) is 18.5 Å². The molecule has 0 saturated carbocycles. The van der Waals surface area contributed by atoms with E-state index >= 15 is 0 Å². The van der Waals surface area contributed by atoms with E-state index in [4.69, 9.17) is 14.2 Å². The summed E-state index contributed by atoms with van der Waals surface area (Å²) < 4.78 is 16.1. The number of nitrogens with one attached hydrogen (secondary N) is 1. The molecule has 0 aliphatic carbocycles. The monoisotopic (exact) mass is 444 g/mol. The molecule has 31 heavy (non-hydrogen) atoms. The van der Waals surface area contributed by atoms with Gasteiger partial charge >= 0.3 is 5.97 Å². The lowest BCUT2D eigenvalue weighted by molar-refractivity contribution is -0.111. The Balaban J connectivity index is 1.79. The number of anilines is 1. The summed E-state index contributed by atoms with van der Waals surface area (Å²) in [6.45, 7) is 6.12. The van der Waals surface area contributed by atoms with Crippen LogP contribution in [0.25, 0.3) is 6.08 Å². The van der Waals surface area contributed by atoms with Crippen LogP contribution in [0.5, 0.6) is 11.5 Å². The van der Waals surface area contributed by atoms with Crippen LogP contribution in [0.4, 0.5) is 5.00 Å². The molecule has 2 aromatic rings. The first-order valence-corrected chi connectivity index (χ1v) is 11.1. The molecule has 166 valence electrons. The van der Waals surface area contributed by atoms with E-state index < -0.39 is 0 Å². The quantitative estimate of drug-likeness (QED) is 0.490. The highest BCUT2D eigenvalue weighted by atomic mass is 32.1. The van der Waals surface area contributed by atoms with Crippen LogP contribution in [0, 0.1) is 0 Å². The number of hydrogen-bond donors (Lipinski definition) is 1. The van der Waals surface area contributed by atoms with E-state index in [1.165, 1.54) is 17.4 Å². The molecule has 0 saturated heterocycles. The fourth-order valence-corrected chi connectivity index (χ4v) is 4.75. The van der Waals surface area contributed by atoms with Gasteiger partial charge in [-0.15, -0.1) is 11.3 Å². The third kappa shape index (κ3) is 5.45. The number of esters is 1. The van der Waals surface area contributed by atoms with Crippen molar-refractivity contribution in [1.82, 2.24) is 4.90 Å². The van der Waals surface area contributed by atoms with Gasteiger partial charge in [0.2, 0.25) is 5.91 Å². The predicted molar refractivity (Wildman–Crippen MR) is 122 cm³/mol. The number of likely N-dealkylation sites (N-methyl/N-ethyl adjacent to an activating group) is 1. The van der Waals surface area contributed by atoms with Gasteiger partial charge in [-0.05, 0) is 56.7 Å². The molecule has 0 fully saturated rings. The molecule has 7 nitrogen and oxygen atoms in total. The summed E-state index contributed by atoms with van der Waals surface area (Å²) in [6.07, 6.45) is 3.89. The number of carbonyl (C=O) groups is 2. The summed E-state index contributed by atoms with van der Waals surface area (Å²) in [6, 6.07) is 5.46. The number of ether oxygens (including phenoxy) is 3. The Kier molecular flexibility index (Phi) is 7.70. The molecule has 2 heterocycles. The average molecular weight is 445 g/mol. The van der Waals surface area contributed by atoms with Crippen LogP contribution in [-0.2, 0) is 22.5 Å². The largest absolute Gasteiger partial charge is 0.493 e. The third-order valence-electron chi connectivity index (χ3n) is 4.88. The summed E-state index contributed by atoms with van der Waals surface area (Å²) >= 11 is 1.44. The number of fused-ring (bicyclic) bond motifs is 1. The van der Waals surface area contributed by atoms with E-state index in [2.05, 4.69) is 10.2 Å². The van der Waals surface area contributed by atoms with Crippen molar-refractivity contribution in [2.24, 2.45) is 0 Å². The second-order valence-electron chi connectivity index (χ2n) is 7.08. The summed E-state index contributed by atoms with van der Waals surface area (Å²) in [5, 5.41) is 3.41. The summed E-state index contributed by atoms with van der Waals surface area (Å²) in [4.78, 5) is 28.5. The van der Waals surface area contributed by atoms with Crippen molar-refractivity contribution in [3.05, 3.63) is 45.8 Å². The van der Waals surface area contributed by atoms with Crippen LogP contribution in [0.3, 0.4) is 0 Å². The SMILES string of the molecule is CCOC(=O)c1c(NC(=O)/C=C/c2ccc(OCC)c(OC)c2)sc2c1CCN(C)C2. The van der Waals surface area contributed by atoms with Crippen molar-refractivity contribution in [2.75, 3.05) is 39.2 Å². The Labute approximate surface area is 186 Å². The Bertz CT molecular complexity index is 983. The van der Waals surface area contributed by atoms with Crippen molar-refractivity contribution in [1.29, 1.82) is 0 Å². The lowest BCUT2D eigenvalue weighted by Gasteiger charge is -2.22. The van der Waals surface area contributed by atoms with Gasteiger partial charge in [-0.25, -0.2) is 4.79 Å². The fourth-order valence-electron chi connectivity index (χ4n) is 3.43. The highest BCUT2D eigenvalue weighted by molar-refractivity contribution is 7.17. The molecular weight excluding hydrogens is 416 g/mol. The van der Waals surface area contributed by atoms with Crippen molar-refractivity contribution in [2.45, 2.75) is 26.8 Å². The van der Waals surface area contributed by atoms with Gasteiger partial charge in [-0.1, -0.05) is 6.07 Å². The second-order valence-corrected chi connectivity index (χ2v) is 8.19. The molecular formula is C23H28N2O5S. The Morgan fingerprint density at radius 2 is 2.03 bits per heavy atom. The molecule has 3 rings (SSSR count). The molecule has 0 radical (unpaired) electrons. The van der Waals surface area contributed by atoms with Crippen molar-refractivity contribution in [3.8, 4) is 11.5 Å². The predicted octanol–water partition coefficient (Wildman–Crippen LogP) is 3.97. The second kappa shape index (κ2) is 10.5. The molecule has 0 atom stereocenters. The minimum Gasteiger partial charge on any atom is -0.493 e. The summed E-state index contributed by atoms with van der Waals surface area (Å²) in [7, 11) is 3.61. The summed E-state index contributed by atoms with van der Waals surface area (Å²) in [5.74, 6) is 0.550. The van der Waals surface area contributed by atoms with E-state index in [1.807, 2.05) is 26.1 Å². The number of thiophene rings is 1. The van der Waals surface area contributed by atoms with Gasteiger partial charge < -0.3 is 24.4 Å². The third-order valence-corrected chi connectivity index (χ3v) is 6.01. The van der Waals surface area contributed by atoms with Gasteiger partial charge in [0.05, 0.1) is 25.9 Å². The first-order chi connectivity index (χ1) is 15.0. The Hall–Kier alpha value is -2.84. The van der Waals surface area contributed by atoms with E-state index in [0.29, 0.717) is 28.7 Å². The number of amides is 1. The zero-order valence-electron chi connectivity index (χ0n) is 18.3. The Morgan fingerprint density at radius 3 is 2.74 bits per heavy atom. The van der Waals surface area contributed by atoms with Crippen LogP contribution in [-0.4, -0.2) is 50.7 Å². The lowest BCUT2D eigenvalue weighted by Crippen LogP contribution is -2.26. The van der Waals surface area contributed by atoms with Crippen LogP contribution >= 0.6 is 11.3 Å². The lowest BCUT2D eigenvalue weighted by atomic mass is 10.0. The van der Waals surface area contributed by atoms with Gasteiger partial charge in [0.25, 0.3) is 0 Å². The molecule has 1 aliphatic rings. The molecule has 1 aromatic heterocycles. The van der Waals surface area contributed by atoms with Gasteiger partial charge in [-0.3, -0.25) is 4.79 Å². The number of nitrogens with zero attached hydrogens (tertiary/aromatic N) is 1. The number of rotatable bonds is 8. The number of hydrogen-bond acceptors (Lipinski definition) is 7. The zero-order chi connectivity index (χ0) is 22.4. The minimum atomic E-state index is -0.389. The maximum atomic E-state index is 12.6. The molecule has 1 N–H and O–H groups in total. The number of methoxy groups -OCH3 is 1. The van der Waals surface area contributed by atoms with Gasteiger partial charge in [0, 0.05) is 24.0 Å². The smallest absolute Gasteiger partial charge is 0.341 e. The van der Waals surface area contributed by atoms with Crippen molar-refractivity contribution >= 4 is 34.3 Å². The molecule has 0 bridgehead atoms. The first-order valence-electron chi connectivity index (χ1n) is 10.3. The topological polar surface area (TPSA) is 77.1 Å². The standard InChI is InChI=1S/C23H28N2O5S/c1-5-29-17-9-7-15(13-18(17)28-4)8-10-20(26)24-22-21(23(27)30-6-2)16-11-12-25(3)14-19(16)31-22/h7-10,13H,5-6,11-12,14H2,1-4H3,(H,24,26)/b10-8+. The normalized spacial score (nSPS) is 13.7. The molecule has 1 aliphatic heterocycles. The maximum absolute atomic E-state index is 12.6. The maximum Gasteiger partial charge on any atom is 0.341 e. The molecule has 8 heteroatoms.